The molecule has 216 valence electrons. The number of para-hydroxylation sites is 1. The lowest BCUT2D eigenvalue weighted by atomic mass is 10.0. The Kier molecular flexibility index (Phi) is 7.11. The van der Waals surface area contributed by atoms with Crippen LogP contribution in [0.1, 0.15) is 17.3 Å². The van der Waals surface area contributed by atoms with E-state index in [9.17, 15) is 0 Å². The second-order valence-corrected chi connectivity index (χ2v) is 12.5. The van der Waals surface area contributed by atoms with Crippen LogP contribution >= 0.6 is 8.58 Å². The first-order valence-corrected chi connectivity index (χ1v) is 16.3. The molecule has 1 heterocycles. The lowest BCUT2D eigenvalue weighted by Gasteiger charge is -2.20. The molecule has 0 saturated heterocycles. The number of nitrogens with zero attached hydrogens (tertiary/aromatic N) is 1. The summed E-state index contributed by atoms with van der Waals surface area (Å²) >= 11 is 0. The Bertz CT molecular complexity index is 2340. The average molecular weight is 598 g/mol. The van der Waals surface area contributed by atoms with Crippen LogP contribution in [0.15, 0.2) is 164 Å². The molecule has 1 aromatic heterocycles. The Morgan fingerprint density at radius 2 is 1.27 bits per heavy atom. The fraction of sp³-hybridized carbons (Fsp3) is 0.0244. The van der Waals surface area contributed by atoms with Crippen LogP contribution in [-0.4, -0.2) is 4.57 Å². The van der Waals surface area contributed by atoms with Crippen molar-refractivity contribution in [2.75, 3.05) is 0 Å². The number of rotatable bonds is 7. The Hall–Kier alpha value is -5.21. The first-order valence-electron chi connectivity index (χ1n) is 15.3. The minimum atomic E-state index is -0.371. The van der Waals surface area contributed by atoms with Crippen LogP contribution in [0.4, 0.5) is 0 Å². The maximum Gasteiger partial charge on any atom is 0.101 e. The molecule has 4 heteroatoms. The Morgan fingerprint density at radius 3 is 2.09 bits per heavy atom. The zero-order valence-electron chi connectivity index (χ0n) is 24.7. The summed E-state index contributed by atoms with van der Waals surface area (Å²) in [6.45, 7) is 0. The molecule has 0 spiro atoms. The molecular weight excluding hydrogens is 565 g/mol. The van der Waals surface area contributed by atoms with Gasteiger partial charge in [0.25, 0.3) is 0 Å². The fourth-order valence-electron chi connectivity index (χ4n) is 6.35. The van der Waals surface area contributed by atoms with Gasteiger partial charge in [-0.3, -0.25) is 0 Å². The highest BCUT2D eigenvalue weighted by molar-refractivity contribution is 7.50. The highest BCUT2D eigenvalue weighted by Crippen LogP contribution is 2.37. The normalized spacial score (nSPS) is 13.0. The summed E-state index contributed by atoms with van der Waals surface area (Å²) in [6.07, 6.45) is -0.371. The van der Waals surface area contributed by atoms with Gasteiger partial charge in [-0.25, -0.2) is 0 Å². The van der Waals surface area contributed by atoms with E-state index in [1.165, 1.54) is 43.3 Å². The molecule has 7 aromatic carbocycles. The summed E-state index contributed by atoms with van der Waals surface area (Å²) in [6, 6.07) is 56.1. The quantitative estimate of drug-likeness (QED) is 0.142. The van der Waals surface area contributed by atoms with Gasteiger partial charge in [-0.05, 0) is 68.7 Å². The standard InChI is InChI=1S/C41H32N3P/c42-41(43-37(28-12-3-1-4-13-28)27-45-33-17-5-2-6-18-33)32-22-23-34-31(24-32)16-11-21-38(34)44-39-20-10-9-19-35(39)36-25-29-14-7-8-15-30(29)26-40(36)44/h1-27,41,43,45H,42H2/b37-27-. The minimum Gasteiger partial charge on any atom is -0.366 e. The van der Waals surface area contributed by atoms with Crippen molar-refractivity contribution in [3.05, 3.63) is 175 Å². The number of nitrogens with two attached hydrogens (primary N) is 1. The van der Waals surface area contributed by atoms with Gasteiger partial charge in [-0.2, -0.15) is 0 Å². The molecule has 0 aliphatic carbocycles. The van der Waals surface area contributed by atoms with Crippen LogP contribution in [0.25, 0.3) is 54.7 Å². The van der Waals surface area contributed by atoms with Gasteiger partial charge >= 0.3 is 0 Å². The molecule has 8 aromatic rings. The first-order chi connectivity index (χ1) is 22.2. The molecule has 0 fully saturated rings. The lowest BCUT2D eigenvalue weighted by molar-refractivity contribution is 0.668. The molecule has 0 amide bonds. The molecule has 0 aliphatic heterocycles. The summed E-state index contributed by atoms with van der Waals surface area (Å²) in [4.78, 5) is 0. The smallest absolute Gasteiger partial charge is 0.101 e. The number of benzene rings is 7. The number of nitrogens with one attached hydrogen (secondary N) is 1. The van der Waals surface area contributed by atoms with Crippen LogP contribution < -0.4 is 16.4 Å². The average Bonchev–Trinajstić information content (AvgIpc) is 3.42. The maximum absolute atomic E-state index is 6.87. The number of hydrogen-bond acceptors (Lipinski definition) is 2. The van der Waals surface area contributed by atoms with Gasteiger partial charge in [0.2, 0.25) is 0 Å². The molecule has 3 N–H and O–H groups in total. The molecule has 45 heavy (non-hydrogen) atoms. The van der Waals surface area contributed by atoms with Crippen LogP contribution in [-0.2, 0) is 0 Å². The number of hydrogen-bond donors (Lipinski definition) is 2. The van der Waals surface area contributed by atoms with Crippen molar-refractivity contribution in [1.29, 1.82) is 0 Å². The third kappa shape index (κ3) is 5.17. The monoisotopic (exact) mass is 597 g/mol. The van der Waals surface area contributed by atoms with Gasteiger partial charge in [0.05, 0.1) is 16.7 Å². The summed E-state index contributed by atoms with van der Waals surface area (Å²) in [7, 11) is 0.532. The molecule has 2 unspecified atom stereocenters. The van der Waals surface area contributed by atoms with E-state index >= 15 is 0 Å². The fourth-order valence-corrected chi connectivity index (χ4v) is 7.30. The Labute approximate surface area is 264 Å². The third-order valence-electron chi connectivity index (χ3n) is 8.57. The molecule has 0 radical (unpaired) electrons. The summed E-state index contributed by atoms with van der Waals surface area (Å²) in [5, 5.41) is 12.3. The summed E-state index contributed by atoms with van der Waals surface area (Å²) in [5.74, 6) is 2.26. The van der Waals surface area contributed by atoms with Gasteiger partial charge < -0.3 is 15.6 Å². The Morgan fingerprint density at radius 1 is 0.578 bits per heavy atom. The highest BCUT2D eigenvalue weighted by atomic mass is 31.1. The molecule has 8 rings (SSSR count). The molecule has 2 atom stereocenters. The van der Waals surface area contributed by atoms with Crippen molar-refractivity contribution < 1.29 is 0 Å². The zero-order valence-corrected chi connectivity index (χ0v) is 25.7. The molecule has 0 aliphatic rings. The van der Waals surface area contributed by atoms with E-state index in [2.05, 4.69) is 167 Å². The van der Waals surface area contributed by atoms with E-state index in [4.69, 9.17) is 5.73 Å². The van der Waals surface area contributed by atoms with Gasteiger partial charge in [-0.1, -0.05) is 136 Å². The van der Waals surface area contributed by atoms with E-state index in [1.807, 2.05) is 6.07 Å². The SMILES string of the molecule is NC(N/C(=C\Pc1ccccc1)c1ccccc1)c1ccc2c(-n3c4ccccc4c4cc5ccccc5cc43)cccc2c1. The van der Waals surface area contributed by atoms with Crippen LogP contribution in [0, 0.1) is 0 Å². The Balaban J connectivity index is 1.20. The molecule has 0 bridgehead atoms. The molecule has 0 saturated carbocycles. The first kappa shape index (κ1) is 27.3. The van der Waals surface area contributed by atoms with E-state index in [0.717, 1.165) is 27.9 Å². The van der Waals surface area contributed by atoms with E-state index in [-0.39, 0.29) is 6.17 Å². The molecular formula is C41H32N3P. The predicted molar refractivity (Wildman–Crippen MR) is 195 cm³/mol. The van der Waals surface area contributed by atoms with Crippen molar-refractivity contribution in [3.63, 3.8) is 0 Å². The van der Waals surface area contributed by atoms with E-state index < -0.39 is 0 Å². The van der Waals surface area contributed by atoms with Gasteiger partial charge in [-0.15, -0.1) is 0 Å². The molecule has 3 nitrogen and oxygen atoms in total. The minimum absolute atomic E-state index is 0.371. The second kappa shape index (κ2) is 11.7. The van der Waals surface area contributed by atoms with Crippen molar-refractivity contribution >= 4 is 62.9 Å². The van der Waals surface area contributed by atoms with Crippen LogP contribution in [0.3, 0.4) is 0 Å². The van der Waals surface area contributed by atoms with Crippen molar-refractivity contribution in [2.24, 2.45) is 5.73 Å². The predicted octanol–water partition coefficient (Wildman–Crippen LogP) is 9.64. The van der Waals surface area contributed by atoms with Gasteiger partial charge in [0.15, 0.2) is 0 Å². The van der Waals surface area contributed by atoms with Gasteiger partial charge in [0, 0.05) is 21.9 Å². The third-order valence-corrected chi connectivity index (χ3v) is 9.67. The largest absolute Gasteiger partial charge is 0.366 e. The summed E-state index contributed by atoms with van der Waals surface area (Å²) in [5.41, 5.74) is 13.7. The van der Waals surface area contributed by atoms with E-state index in [0.29, 0.717) is 8.58 Å². The zero-order chi connectivity index (χ0) is 30.2. The van der Waals surface area contributed by atoms with Crippen molar-refractivity contribution in [2.45, 2.75) is 6.17 Å². The lowest BCUT2D eigenvalue weighted by Crippen LogP contribution is -2.27. The van der Waals surface area contributed by atoms with Crippen molar-refractivity contribution in [3.8, 4) is 5.69 Å². The highest BCUT2D eigenvalue weighted by Gasteiger charge is 2.16. The second-order valence-electron chi connectivity index (χ2n) is 11.4. The summed E-state index contributed by atoms with van der Waals surface area (Å²) < 4.78 is 2.41. The topological polar surface area (TPSA) is 43.0 Å². The van der Waals surface area contributed by atoms with Crippen molar-refractivity contribution in [1.82, 2.24) is 9.88 Å². The van der Waals surface area contributed by atoms with E-state index in [1.54, 1.807) is 0 Å². The van der Waals surface area contributed by atoms with Gasteiger partial charge in [0.1, 0.15) is 6.17 Å². The van der Waals surface area contributed by atoms with Crippen LogP contribution in [0.2, 0.25) is 0 Å². The maximum atomic E-state index is 6.87. The number of aromatic nitrogens is 1. The number of fused-ring (bicyclic) bond motifs is 5. The van der Waals surface area contributed by atoms with Crippen LogP contribution in [0.5, 0.6) is 0 Å².